The quantitative estimate of drug-likeness (QED) is 0.196. The van der Waals surface area contributed by atoms with E-state index in [-0.39, 0.29) is 24.8 Å². The van der Waals surface area contributed by atoms with Crippen molar-refractivity contribution < 1.29 is 27.7 Å². The first-order valence-corrected chi connectivity index (χ1v) is 18.2. The number of hydrogen-bond acceptors (Lipinski definition) is 6. The summed E-state index contributed by atoms with van der Waals surface area (Å²) < 4.78 is 34.9. The lowest BCUT2D eigenvalue weighted by Gasteiger charge is -2.41. The van der Waals surface area contributed by atoms with Crippen LogP contribution in [-0.4, -0.2) is 49.2 Å². The Balaban J connectivity index is 1.32. The van der Waals surface area contributed by atoms with E-state index in [0.717, 1.165) is 24.0 Å². The van der Waals surface area contributed by atoms with Gasteiger partial charge in [0.15, 0.2) is 0 Å². The predicted octanol–water partition coefficient (Wildman–Crippen LogP) is 6.44. The molecule has 3 N–H and O–H groups in total. The third-order valence-electron chi connectivity index (χ3n) is 9.83. The van der Waals surface area contributed by atoms with Crippen molar-refractivity contribution in [2.45, 2.75) is 82.3 Å². The number of hydrogen-bond donors (Lipinski definition) is 3. The van der Waals surface area contributed by atoms with E-state index in [1.807, 2.05) is 39.8 Å². The number of carbonyl (C=O) groups is 3. The standard InChI is InChI=1S/C38H42ClFN4O5S/c1-6-25-21-38(25,35(47)43-50(48)37(5)16-17-37)42-33(45)31-19-24-18-30(49-29-9-7-8-26(39)20-29)15-10-23(24)22-44(31)34(46)32(36(2,3)4)41-28-13-11-27(40)12-14-28/h6-15,18,20,25,31-32,41H,1,16-17,19,21-22H2,2-5H3,(H,42,45)(H,43,47)/t25-,31-,32-,38-,50?/m1/s1. The number of rotatable bonds is 11. The van der Waals surface area contributed by atoms with E-state index in [4.69, 9.17) is 16.3 Å². The molecule has 9 nitrogen and oxygen atoms in total. The molecule has 1 aliphatic heterocycles. The zero-order valence-corrected chi connectivity index (χ0v) is 30.1. The second-order valence-electron chi connectivity index (χ2n) is 14.8. The number of anilines is 1. The van der Waals surface area contributed by atoms with Gasteiger partial charge in [-0.05, 0) is 97.3 Å². The third kappa shape index (κ3) is 7.44. The van der Waals surface area contributed by atoms with E-state index in [9.17, 15) is 23.0 Å². The number of nitrogens with one attached hydrogen (secondary N) is 3. The number of benzene rings is 3. The molecule has 0 aromatic heterocycles. The van der Waals surface area contributed by atoms with Gasteiger partial charge in [0.2, 0.25) is 11.8 Å². The normalized spacial score (nSPS) is 23.0. The summed E-state index contributed by atoms with van der Waals surface area (Å²) in [7, 11) is -1.61. The Labute approximate surface area is 299 Å². The van der Waals surface area contributed by atoms with Gasteiger partial charge in [-0.2, -0.15) is 0 Å². The average molecular weight is 721 g/mol. The zero-order chi connectivity index (χ0) is 36.0. The number of amides is 3. The minimum Gasteiger partial charge on any atom is -0.457 e. The molecule has 5 atom stereocenters. The summed E-state index contributed by atoms with van der Waals surface area (Å²) in [6.45, 7) is 11.6. The first-order chi connectivity index (χ1) is 23.6. The highest BCUT2D eigenvalue weighted by Gasteiger charge is 2.61. The van der Waals surface area contributed by atoms with Gasteiger partial charge >= 0.3 is 0 Å². The summed E-state index contributed by atoms with van der Waals surface area (Å²) in [6, 6.07) is 16.5. The minimum atomic E-state index is -1.61. The lowest BCUT2D eigenvalue weighted by atomic mass is 9.84. The van der Waals surface area contributed by atoms with E-state index in [0.29, 0.717) is 28.6 Å². The molecule has 3 aliphatic rings. The summed E-state index contributed by atoms with van der Waals surface area (Å²) >= 11 is 6.16. The van der Waals surface area contributed by atoms with Gasteiger partial charge in [-0.1, -0.05) is 50.6 Å². The fourth-order valence-corrected chi connectivity index (χ4v) is 7.53. The van der Waals surface area contributed by atoms with E-state index in [1.54, 1.807) is 53.4 Å². The van der Waals surface area contributed by atoms with Crippen molar-refractivity contribution in [2.24, 2.45) is 11.3 Å². The predicted molar refractivity (Wildman–Crippen MR) is 192 cm³/mol. The molecule has 0 saturated heterocycles. The molecule has 3 amide bonds. The Morgan fingerprint density at radius 3 is 2.38 bits per heavy atom. The molecule has 0 radical (unpaired) electrons. The van der Waals surface area contributed by atoms with Crippen molar-refractivity contribution in [3.05, 3.63) is 101 Å². The van der Waals surface area contributed by atoms with Crippen molar-refractivity contribution >= 4 is 46.0 Å². The van der Waals surface area contributed by atoms with Gasteiger partial charge in [-0.15, -0.1) is 6.58 Å². The molecule has 264 valence electrons. The number of fused-ring (bicyclic) bond motifs is 1. The zero-order valence-electron chi connectivity index (χ0n) is 28.6. The van der Waals surface area contributed by atoms with Crippen LogP contribution in [0.2, 0.25) is 5.02 Å². The van der Waals surface area contributed by atoms with Crippen LogP contribution in [0.15, 0.2) is 79.4 Å². The van der Waals surface area contributed by atoms with Crippen molar-refractivity contribution in [1.29, 1.82) is 0 Å². The largest absolute Gasteiger partial charge is 0.457 e. The van der Waals surface area contributed by atoms with Crippen LogP contribution in [0.3, 0.4) is 0 Å². The molecule has 2 fully saturated rings. The molecule has 50 heavy (non-hydrogen) atoms. The third-order valence-corrected chi connectivity index (χ3v) is 11.7. The van der Waals surface area contributed by atoms with Gasteiger partial charge in [0.05, 0.1) is 4.75 Å². The van der Waals surface area contributed by atoms with Crippen molar-refractivity contribution in [1.82, 2.24) is 14.9 Å². The lowest BCUT2D eigenvalue weighted by Crippen LogP contribution is -2.61. The highest BCUT2D eigenvalue weighted by atomic mass is 35.5. The molecular formula is C38H42ClFN4O5S. The maximum atomic E-state index is 14.6. The molecule has 0 bridgehead atoms. The monoisotopic (exact) mass is 720 g/mol. The molecule has 0 spiro atoms. The highest BCUT2D eigenvalue weighted by Crippen LogP contribution is 2.46. The highest BCUT2D eigenvalue weighted by molar-refractivity contribution is 7.85. The number of nitrogens with zero attached hydrogens (tertiary/aromatic N) is 1. The Hall–Kier alpha value is -4.22. The number of carbonyl (C=O) groups excluding carboxylic acids is 3. The van der Waals surface area contributed by atoms with Crippen LogP contribution in [0.4, 0.5) is 10.1 Å². The van der Waals surface area contributed by atoms with E-state index >= 15 is 0 Å². The Bertz CT molecular complexity index is 1860. The van der Waals surface area contributed by atoms with Gasteiger partial charge in [0.1, 0.15) is 45.9 Å². The van der Waals surface area contributed by atoms with Crippen LogP contribution >= 0.6 is 11.6 Å². The summed E-state index contributed by atoms with van der Waals surface area (Å²) in [5.74, 6) is -1.05. The summed E-state index contributed by atoms with van der Waals surface area (Å²) in [5, 5.41) is 6.77. The summed E-state index contributed by atoms with van der Waals surface area (Å²) in [6.07, 6.45) is 3.54. The van der Waals surface area contributed by atoms with E-state index in [2.05, 4.69) is 21.9 Å². The fraction of sp³-hybridized carbons (Fsp3) is 0.395. The maximum Gasteiger partial charge on any atom is 0.258 e. The van der Waals surface area contributed by atoms with Crippen molar-refractivity contribution in [3.63, 3.8) is 0 Å². The molecule has 2 aliphatic carbocycles. The lowest BCUT2D eigenvalue weighted by molar-refractivity contribution is -0.145. The number of halogens is 2. The van der Waals surface area contributed by atoms with Crippen LogP contribution in [-0.2, 0) is 38.3 Å². The van der Waals surface area contributed by atoms with Gasteiger partial charge in [-0.25, -0.2) is 8.60 Å². The van der Waals surface area contributed by atoms with E-state index < -0.39 is 56.4 Å². The van der Waals surface area contributed by atoms with Gasteiger partial charge in [0, 0.05) is 29.6 Å². The molecule has 1 heterocycles. The fourth-order valence-electron chi connectivity index (χ4n) is 6.28. The van der Waals surface area contributed by atoms with Crippen molar-refractivity contribution in [3.8, 4) is 11.5 Å². The average Bonchev–Trinajstić information content (AvgIpc) is 3.99. The second-order valence-corrected chi connectivity index (χ2v) is 16.9. The van der Waals surface area contributed by atoms with Gasteiger partial charge in [0.25, 0.3) is 5.91 Å². The van der Waals surface area contributed by atoms with Crippen LogP contribution in [0, 0.1) is 17.2 Å². The second kappa shape index (κ2) is 13.5. The Morgan fingerprint density at radius 1 is 1.06 bits per heavy atom. The smallest absolute Gasteiger partial charge is 0.258 e. The summed E-state index contributed by atoms with van der Waals surface area (Å²) in [4.78, 5) is 44.2. The van der Waals surface area contributed by atoms with Crippen LogP contribution < -0.4 is 20.1 Å². The molecular weight excluding hydrogens is 679 g/mol. The molecule has 1 unspecified atom stereocenters. The van der Waals surface area contributed by atoms with Gasteiger partial charge in [-0.3, -0.25) is 19.1 Å². The Kier molecular flexibility index (Phi) is 9.60. The molecule has 2 saturated carbocycles. The molecule has 3 aromatic rings. The SMILES string of the molecule is C=C[C@@H]1C[C@]1(NC(=O)[C@H]1Cc2cc(Oc3cccc(Cl)c3)ccc2CN1C(=O)[C@@H](Nc1ccc(F)cc1)C(C)(C)C)C(=O)NS(=O)C1(C)CC1. The first kappa shape index (κ1) is 35.6. The van der Waals surface area contributed by atoms with Gasteiger partial charge < -0.3 is 20.3 Å². The minimum absolute atomic E-state index is 0.119. The number of ether oxygens (including phenoxy) is 1. The topological polar surface area (TPSA) is 117 Å². The molecule has 3 aromatic carbocycles. The van der Waals surface area contributed by atoms with E-state index in [1.165, 1.54) is 12.1 Å². The van der Waals surface area contributed by atoms with Crippen LogP contribution in [0.5, 0.6) is 11.5 Å². The molecule has 12 heteroatoms. The first-order valence-electron chi connectivity index (χ1n) is 16.7. The van der Waals surface area contributed by atoms with Crippen LogP contribution in [0.25, 0.3) is 0 Å². The van der Waals surface area contributed by atoms with Crippen LogP contribution in [0.1, 0.15) is 58.1 Å². The van der Waals surface area contributed by atoms with Crippen molar-refractivity contribution in [2.75, 3.05) is 5.32 Å². The maximum absolute atomic E-state index is 14.6. The summed E-state index contributed by atoms with van der Waals surface area (Å²) in [5.41, 5.74) is 0.259. The Morgan fingerprint density at radius 2 is 1.76 bits per heavy atom. The molecule has 6 rings (SSSR count).